The topological polar surface area (TPSA) is 46.5 Å². The highest BCUT2D eigenvalue weighted by atomic mass is 16.5. The van der Waals surface area contributed by atoms with E-state index in [9.17, 15) is 4.79 Å². The molecule has 2 aromatic carbocycles. The molecule has 0 aliphatic heterocycles. The molecule has 0 saturated carbocycles. The first-order valence-electron chi connectivity index (χ1n) is 5.66. The summed E-state index contributed by atoms with van der Waals surface area (Å²) >= 11 is 0. The van der Waals surface area contributed by atoms with E-state index < -0.39 is 5.97 Å². The molecule has 0 fully saturated rings. The lowest BCUT2D eigenvalue weighted by Gasteiger charge is -2.12. The van der Waals surface area contributed by atoms with E-state index in [-0.39, 0.29) is 5.56 Å². The van der Waals surface area contributed by atoms with Crippen molar-refractivity contribution in [1.29, 1.82) is 0 Å². The van der Waals surface area contributed by atoms with Gasteiger partial charge in [-0.2, -0.15) is 0 Å². The van der Waals surface area contributed by atoms with E-state index in [1.165, 1.54) is 0 Å². The molecule has 0 saturated heterocycles. The fourth-order valence-corrected chi connectivity index (χ4v) is 1.75. The Morgan fingerprint density at radius 2 is 1.67 bits per heavy atom. The van der Waals surface area contributed by atoms with Crippen LogP contribution in [0.15, 0.2) is 42.5 Å². The molecule has 3 nitrogen and oxygen atoms in total. The Morgan fingerprint density at radius 1 is 1.00 bits per heavy atom. The highest BCUT2D eigenvalue weighted by Gasteiger charge is 2.11. The maximum absolute atomic E-state index is 11.0. The predicted molar refractivity (Wildman–Crippen MR) is 69.4 cm³/mol. The van der Waals surface area contributed by atoms with E-state index in [1.54, 1.807) is 25.1 Å². The van der Waals surface area contributed by atoms with Crippen LogP contribution in [-0.4, -0.2) is 11.1 Å². The molecule has 0 aliphatic rings. The van der Waals surface area contributed by atoms with Gasteiger partial charge in [-0.15, -0.1) is 0 Å². The maximum atomic E-state index is 11.0. The second-order valence-electron chi connectivity index (χ2n) is 4.10. The minimum absolute atomic E-state index is 0.265. The van der Waals surface area contributed by atoms with E-state index in [0.717, 1.165) is 11.3 Å². The summed E-state index contributed by atoms with van der Waals surface area (Å²) in [6.45, 7) is 3.70. The molecule has 18 heavy (non-hydrogen) atoms. The van der Waals surface area contributed by atoms with Crippen molar-refractivity contribution in [2.45, 2.75) is 13.8 Å². The number of aryl methyl sites for hydroxylation is 1. The predicted octanol–water partition coefficient (Wildman–Crippen LogP) is 3.79. The summed E-state index contributed by atoms with van der Waals surface area (Å²) in [5.41, 5.74) is 1.91. The summed E-state index contributed by atoms with van der Waals surface area (Å²) in [7, 11) is 0. The lowest BCUT2D eigenvalue weighted by Crippen LogP contribution is -2.01. The number of carboxylic acids is 1. The summed E-state index contributed by atoms with van der Waals surface area (Å²) in [6, 6.07) is 12.7. The molecule has 0 unspecified atom stereocenters. The number of benzene rings is 2. The Hall–Kier alpha value is -2.29. The SMILES string of the molecule is Cc1ccccc1Oc1cccc(C(=O)O)c1C. The first-order valence-corrected chi connectivity index (χ1v) is 5.66. The van der Waals surface area contributed by atoms with Gasteiger partial charge in [-0.1, -0.05) is 24.3 Å². The first-order chi connectivity index (χ1) is 8.59. The Morgan fingerprint density at radius 3 is 2.33 bits per heavy atom. The molecule has 92 valence electrons. The van der Waals surface area contributed by atoms with Gasteiger partial charge in [0, 0.05) is 5.56 Å². The van der Waals surface area contributed by atoms with Crippen molar-refractivity contribution >= 4 is 5.97 Å². The van der Waals surface area contributed by atoms with Crippen LogP contribution >= 0.6 is 0 Å². The second kappa shape index (κ2) is 4.92. The Kier molecular flexibility index (Phi) is 3.33. The average molecular weight is 242 g/mol. The summed E-state index contributed by atoms with van der Waals surface area (Å²) in [6.07, 6.45) is 0. The van der Waals surface area contributed by atoms with Crippen LogP contribution < -0.4 is 4.74 Å². The summed E-state index contributed by atoms with van der Waals surface area (Å²) in [5, 5.41) is 9.06. The minimum Gasteiger partial charge on any atom is -0.478 e. The van der Waals surface area contributed by atoms with E-state index in [0.29, 0.717) is 11.3 Å². The molecular weight excluding hydrogens is 228 g/mol. The van der Waals surface area contributed by atoms with Crippen molar-refractivity contribution in [2.75, 3.05) is 0 Å². The van der Waals surface area contributed by atoms with Crippen molar-refractivity contribution in [3.05, 3.63) is 59.2 Å². The third-order valence-corrected chi connectivity index (χ3v) is 2.83. The molecule has 0 atom stereocenters. The van der Waals surface area contributed by atoms with E-state index in [1.807, 2.05) is 31.2 Å². The van der Waals surface area contributed by atoms with Crippen LogP contribution in [0.5, 0.6) is 11.5 Å². The molecule has 0 spiro atoms. The van der Waals surface area contributed by atoms with Gasteiger partial charge in [0.05, 0.1) is 5.56 Å². The van der Waals surface area contributed by atoms with Crippen molar-refractivity contribution in [3.63, 3.8) is 0 Å². The maximum Gasteiger partial charge on any atom is 0.336 e. The number of hydrogen-bond acceptors (Lipinski definition) is 2. The number of rotatable bonds is 3. The number of ether oxygens (including phenoxy) is 1. The minimum atomic E-state index is -0.942. The van der Waals surface area contributed by atoms with Crippen LogP contribution in [0.1, 0.15) is 21.5 Å². The number of para-hydroxylation sites is 1. The summed E-state index contributed by atoms with van der Waals surface area (Å²) < 4.78 is 5.77. The van der Waals surface area contributed by atoms with Crippen LogP contribution in [-0.2, 0) is 0 Å². The zero-order valence-corrected chi connectivity index (χ0v) is 10.3. The molecule has 0 heterocycles. The van der Waals surface area contributed by atoms with E-state index >= 15 is 0 Å². The number of carboxylic acid groups (broad SMARTS) is 1. The molecular formula is C15H14O3. The van der Waals surface area contributed by atoms with Gasteiger partial charge in [0.25, 0.3) is 0 Å². The Labute approximate surface area is 106 Å². The first kappa shape index (κ1) is 12.2. The molecule has 1 N–H and O–H groups in total. The van der Waals surface area contributed by atoms with Gasteiger partial charge in [0.1, 0.15) is 11.5 Å². The molecule has 0 aromatic heterocycles. The highest BCUT2D eigenvalue weighted by Crippen LogP contribution is 2.28. The molecule has 3 heteroatoms. The second-order valence-corrected chi connectivity index (χ2v) is 4.10. The zero-order chi connectivity index (χ0) is 13.1. The van der Waals surface area contributed by atoms with Gasteiger partial charge < -0.3 is 9.84 Å². The normalized spacial score (nSPS) is 10.1. The van der Waals surface area contributed by atoms with Crippen LogP contribution in [0.3, 0.4) is 0 Å². The standard InChI is InChI=1S/C15H14O3/c1-10-6-3-4-8-13(10)18-14-9-5-7-12(11(14)2)15(16)17/h3-9H,1-2H3,(H,16,17). The fourth-order valence-electron chi connectivity index (χ4n) is 1.75. The average Bonchev–Trinajstić information content (AvgIpc) is 2.34. The van der Waals surface area contributed by atoms with Crippen molar-refractivity contribution in [1.82, 2.24) is 0 Å². The third-order valence-electron chi connectivity index (χ3n) is 2.83. The van der Waals surface area contributed by atoms with E-state index in [4.69, 9.17) is 9.84 Å². The molecule has 2 aromatic rings. The van der Waals surface area contributed by atoms with Gasteiger partial charge in [0.15, 0.2) is 0 Å². The van der Waals surface area contributed by atoms with Crippen LogP contribution in [0, 0.1) is 13.8 Å². The Balaban J connectivity index is 2.39. The number of carbonyl (C=O) groups is 1. The van der Waals surface area contributed by atoms with Gasteiger partial charge in [0.2, 0.25) is 0 Å². The molecule has 0 radical (unpaired) electrons. The van der Waals surface area contributed by atoms with Crippen molar-refractivity contribution in [2.24, 2.45) is 0 Å². The van der Waals surface area contributed by atoms with Crippen molar-refractivity contribution in [3.8, 4) is 11.5 Å². The van der Waals surface area contributed by atoms with Crippen LogP contribution in [0.4, 0.5) is 0 Å². The van der Waals surface area contributed by atoms with Crippen LogP contribution in [0.2, 0.25) is 0 Å². The lowest BCUT2D eigenvalue weighted by atomic mass is 10.1. The largest absolute Gasteiger partial charge is 0.478 e. The van der Waals surface area contributed by atoms with Gasteiger partial charge in [-0.3, -0.25) is 0 Å². The number of aromatic carboxylic acids is 1. The van der Waals surface area contributed by atoms with Crippen LogP contribution in [0.25, 0.3) is 0 Å². The molecule has 2 rings (SSSR count). The smallest absolute Gasteiger partial charge is 0.336 e. The number of hydrogen-bond donors (Lipinski definition) is 1. The lowest BCUT2D eigenvalue weighted by molar-refractivity contribution is 0.0695. The highest BCUT2D eigenvalue weighted by molar-refractivity contribution is 5.90. The molecule has 0 bridgehead atoms. The molecule has 0 amide bonds. The zero-order valence-electron chi connectivity index (χ0n) is 10.3. The van der Waals surface area contributed by atoms with Gasteiger partial charge in [-0.25, -0.2) is 4.79 Å². The quantitative estimate of drug-likeness (QED) is 0.890. The fraction of sp³-hybridized carbons (Fsp3) is 0.133. The monoisotopic (exact) mass is 242 g/mol. The van der Waals surface area contributed by atoms with Crippen molar-refractivity contribution < 1.29 is 14.6 Å². The summed E-state index contributed by atoms with van der Waals surface area (Å²) in [4.78, 5) is 11.0. The third kappa shape index (κ3) is 2.35. The van der Waals surface area contributed by atoms with Gasteiger partial charge in [-0.05, 0) is 37.6 Å². The van der Waals surface area contributed by atoms with Gasteiger partial charge >= 0.3 is 5.97 Å². The van der Waals surface area contributed by atoms with E-state index in [2.05, 4.69) is 0 Å². The summed E-state index contributed by atoms with van der Waals surface area (Å²) in [5.74, 6) is 0.370. The molecule has 0 aliphatic carbocycles. The Bertz CT molecular complexity index is 588.